The number of anilines is 8. The lowest BCUT2D eigenvalue weighted by atomic mass is 10.1. The minimum Gasteiger partial charge on any atom is -0.478 e. The number of aromatic nitrogens is 4. The van der Waals surface area contributed by atoms with Crippen LogP contribution < -0.4 is 49.5 Å². The fraction of sp³-hybridized carbons (Fsp3) is 0.341. The van der Waals surface area contributed by atoms with Crippen molar-refractivity contribution in [1.82, 2.24) is 31.4 Å². The van der Waals surface area contributed by atoms with E-state index in [1.807, 2.05) is 237 Å². The Hall–Kier alpha value is -9.74. The van der Waals surface area contributed by atoms with Crippen molar-refractivity contribution >= 4 is 101 Å². The molecule has 0 radical (unpaired) electrons. The number of aldehydes is 1. The number of carboxylic acids is 1. The topological polar surface area (TPSA) is 368 Å². The number of carboxylic acid groups (broad SMARTS) is 1. The molecule has 594 valence electrons. The predicted molar refractivity (Wildman–Crippen MR) is 470 cm³/mol. The quantitative estimate of drug-likeness (QED) is 0.0259. The van der Waals surface area contributed by atoms with Gasteiger partial charge in [-0.15, -0.1) is 0 Å². The van der Waals surface area contributed by atoms with Gasteiger partial charge in [0.15, 0.2) is 12.6 Å². The van der Waals surface area contributed by atoms with Crippen molar-refractivity contribution in [3.63, 3.8) is 0 Å². The van der Waals surface area contributed by atoms with Gasteiger partial charge in [-0.25, -0.2) is 24.7 Å². The van der Waals surface area contributed by atoms with E-state index in [2.05, 4.69) is 70.9 Å². The van der Waals surface area contributed by atoms with E-state index < -0.39 is 37.2 Å². The molecule has 14 N–H and O–H groups in total. The zero-order chi connectivity index (χ0) is 82.1. The number of nitrogens with one attached hydrogen (secondary N) is 6. The Morgan fingerprint density at radius 3 is 0.991 bits per heavy atom. The normalized spacial score (nSPS) is 8.74. The summed E-state index contributed by atoms with van der Waals surface area (Å²) in [5.74, 6) is -0.0979. The van der Waals surface area contributed by atoms with Crippen LogP contribution in [0, 0.1) is 27.7 Å². The molecule has 2 amide bonds. The van der Waals surface area contributed by atoms with Gasteiger partial charge in [0.1, 0.15) is 46.3 Å². The molecule has 0 spiro atoms. The number of nitrogens with zero attached hydrogens (tertiary/aromatic N) is 4. The Kier molecular flexibility index (Phi) is 84.3. The van der Waals surface area contributed by atoms with Crippen LogP contribution in [0.15, 0.2) is 213 Å². The lowest BCUT2D eigenvalue weighted by Crippen LogP contribution is -2.12. The number of carbonyl (C=O) groups excluding carboxylic acids is 3. The summed E-state index contributed by atoms with van der Waals surface area (Å²) in [6, 6.07) is 61.3. The second-order valence-electron chi connectivity index (χ2n) is 20.0. The van der Waals surface area contributed by atoms with Crippen LogP contribution in [0.4, 0.5) is 46.0 Å². The molecule has 0 saturated heterocycles. The van der Waals surface area contributed by atoms with Crippen LogP contribution in [0.5, 0.6) is 0 Å². The van der Waals surface area contributed by atoms with E-state index in [1.54, 1.807) is 107 Å². The van der Waals surface area contributed by atoms with Gasteiger partial charge in [-0.3, -0.25) is 20.6 Å². The van der Waals surface area contributed by atoms with E-state index in [-0.39, 0.29) is 25.4 Å². The molecule has 26 heteroatoms. The molecule has 2 unspecified atom stereocenters. The highest BCUT2D eigenvalue weighted by molar-refractivity contribution is 7.44. The van der Waals surface area contributed by atoms with Crippen molar-refractivity contribution in [2.75, 3.05) is 98.0 Å². The van der Waals surface area contributed by atoms with E-state index in [1.165, 1.54) is 12.6 Å². The van der Waals surface area contributed by atoms with Crippen LogP contribution in [0.3, 0.4) is 0 Å². The van der Waals surface area contributed by atoms with Crippen LogP contribution >= 0.6 is 31.2 Å². The summed E-state index contributed by atoms with van der Waals surface area (Å²) in [7, 11) is -3.78. The molecular weight excluding hydrogens is 1430 g/mol. The van der Waals surface area contributed by atoms with Gasteiger partial charge >= 0.3 is 37.2 Å². The van der Waals surface area contributed by atoms with Gasteiger partial charge in [0.25, 0.3) is 11.8 Å². The zero-order valence-corrected chi connectivity index (χ0v) is 71.3. The van der Waals surface area contributed by atoms with Gasteiger partial charge < -0.3 is 48.4 Å². The fourth-order valence-corrected chi connectivity index (χ4v) is 7.12. The van der Waals surface area contributed by atoms with Crippen molar-refractivity contribution < 1.29 is 42.5 Å². The Balaban J connectivity index is -0.000000182. The Morgan fingerprint density at radius 2 is 0.759 bits per heavy atom. The first-order valence-corrected chi connectivity index (χ1v) is 43.1. The van der Waals surface area contributed by atoms with Crippen LogP contribution in [0.25, 0.3) is 0 Å². The highest BCUT2D eigenvalue weighted by Crippen LogP contribution is 2.25. The second kappa shape index (κ2) is 79.8. The summed E-state index contributed by atoms with van der Waals surface area (Å²) in [6.45, 7) is 45.3. The summed E-state index contributed by atoms with van der Waals surface area (Å²) in [6.07, 6.45) is 5.14. The molecule has 9 rings (SSSR count). The zero-order valence-electron chi connectivity index (χ0n) is 67.8. The van der Waals surface area contributed by atoms with E-state index in [0.717, 1.165) is 59.0 Å². The van der Waals surface area contributed by atoms with Crippen LogP contribution in [0.2, 0.25) is 0 Å². The third-order valence-electron chi connectivity index (χ3n) is 11.0. The highest BCUT2D eigenvalue weighted by Gasteiger charge is 2.10. The molecule has 0 saturated carbocycles. The van der Waals surface area contributed by atoms with Gasteiger partial charge in [-0.2, -0.15) is 0 Å². The third kappa shape index (κ3) is 68.1. The lowest BCUT2D eigenvalue weighted by Gasteiger charge is -2.11. The second-order valence-corrected chi connectivity index (χ2v) is 26.5. The van der Waals surface area contributed by atoms with Crippen molar-refractivity contribution in [2.45, 2.75) is 125 Å². The molecule has 0 aliphatic carbocycles. The predicted octanol–water partition coefficient (Wildman–Crippen LogP) is 22.6. The van der Waals surface area contributed by atoms with Gasteiger partial charge in [-0.05, 0) is 156 Å². The van der Waals surface area contributed by atoms with Gasteiger partial charge in [0.05, 0.1) is 5.56 Å². The Labute approximate surface area is 652 Å². The van der Waals surface area contributed by atoms with Gasteiger partial charge in [0.2, 0.25) is 11.9 Å². The number of carbonyl (C=O) groups is 4. The first-order valence-electron chi connectivity index (χ1n) is 35.0. The summed E-state index contributed by atoms with van der Waals surface area (Å²) in [5.41, 5.74) is 20.8. The van der Waals surface area contributed by atoms with Crippen LogP contribution in [0.1, 0.15) is 151 Å². The first kappa shape index (κ1) is 114. The highest BCUT2D eigenvalue weighted by atomic mass is 31.1. The average Bonchev–Trinajstić information content (AvgIpc) is 0.849. The molecule has 2 aromatic heterocycles. The van der Waals surface area contributed by atoms with Crippen molar-refractivity contribution in [1.29, 1.82) is 0 Å². The molecule has 22 nitrogen and oxygen atoms in total. The van der Waals surface area contributed by atoms with Crippen molar-refractivity contribution in [3.8, 4) is 0 Å². The van der Waals surface area contributed by atoms with E-state index in [0.29, 0.717) is 52.5 Å². The molecule has 108 heavy (non-hydrogen) atoms. The maximum atomic E-state index is 12.3. The fourth-order valence-electron chi connectivity index (χ4n) is 6.58. The number of amides is 2. The molecule has 0 fully saturated rings. The minimum absolute atomic E-state index is 0. The molecule has 0 aliphatic rings. The number of nitrogen functional groups attached to an aromatic ring is 1. The number of aromatic carboxylic acids is 1. The van der Waals surface area contributed by atoms with Crippen molar-refractivity contribution in [3.05, 3.63) is 252 Å². The number of rotatable bonds is 15. The van der Waals surface area contributed by atoms with E-state index >= 15 is 0 Å². The minimum atomic E-state index is -1.07. The number of benzene rings is 7. The summed E-state index contributed by atoms with van der Waals surface area (Å²) >= 11 is 0. The van der Waals surface area contributed by atoms with Gasteiger partial charge in [-0.1, -0.05) is 205 Å². The van der Waals surface area contributed by atoms with E-state index in [9.17, 15) is 32.6 Å². The average molecular weight is 1570 g/mol. The van der Waals surface area contributed by atoms with Gasteiger partial charge in [0, 0.05) is 75.6 Å². The van der Waals surface area contributed by atoms with Crippen LogP contribution in [-0.4, -0.2) is 115 Å². The number of para-hydroxylation sites is 2. The maximum absolute atomic E-state index is 12.3. The molecule has 2 heterocycles. The number of nitrogens with two attached hydrogens (primary N) is 2. The lowest BCUT2D eigenvalue weighted by molar-refractivity contribution is -0.106. The largest absolute Gasteiger partial charge is 0.478 e. The summed E-state index contributed by atoms with van der Waals surface area (Å²) < 4.78 is 39.3. The number of aryl methyl sites for hydroxylation is 4. The molecular formula is C82H131N13O9P4+4. The summed E-state index contributed by atoms with van der Waals surface area (Å²) in [5, 5.41) is 26.7. The molecule has 0 aliphatic heterocycles. The Bertz CT molecular complexity index is 3540. The molecule has 9 aromatic rings. The monoisotopic (exact) mass is 1570 g/mol. The molecule has 0 bridgehead atoms. The standard InChI is InChI=1S/2C19H18N4O.C8H11N.C7H6O2.C6H7N.C4H11NOP.C2H7NOP.2C2H6OP.C2H4O.5C2H6.CH4.H3N/c2*1-13-8-9-16(22-18(24)15-6-4-3-5-7-15)12-17(13)23-19-20-11-10-14(2)21-19;1-2-9-8-6-4-3-5-7-8;8-7(9)6-4-2-1-3-5-6;7-6-4-2-1-3-5-6;1-3-5-4-7(2)6;1-5(4)2-3;2*1-4(2)3;1-2-3;5*1-2;;/h2*3-12H,1-2H3,(H,22,24)(H,20,21,23);3-7,9H,2H2,1H3;1-5H,(H,8,9);1-5H,7H2;5H,3-4H2,1-2H3;2-3H2,1H3;2*1-2H3;2H,1H3;5*1-2H3;1H4;1H3/q;;;;;4*+1;;;;;;;;. The third-order valence-corrected chi connectivity index (χ3v) is 12.1. The summed E-state index contributed by atoms with van der Waals surface area (Å²) in [4.78, 5) is 60.6. The molecule has 7 aromatic carbocycles. The smallest absolute Gasteiger partial charge is 0.350 e. The Morgan fingerprint density at radius 1 is 0.463 bits per heavy atom. The first-order chi connectivity index (χ1) is 50.8. The van der Waals surface area contributed by atoms with Crippen molar-refractivity contribution in [2.24, 2.45) is 5.73 Å². The maximum Gasteiger partial charge on any atom is 0.350 e. The van der Waals surface area contributed by atoms with E-state index in [4.69, 9.17) is 21.4 Å². The van der Waals surface area contributed by atoms with Crippen LogP contribution in [-0.2, 0) is 23.1 Å². The number of hydrogen-bond donors (Lipinski definition) is 10. The SMILES string of the molecule is C.CC.CC.CC.CC.CC.CC=O.CCNC[P+](C)=O.CCNc1ccccc1.C[P+](=O)CN.C[P+](C)=O.C[P+](C)=O.Cc1ccnc(Nc2cc(NC(=O)c3ccccc3)ccc2C)n1.Cc1ccnc(Nc2cc(NC(=O)c3ccccc3)ccc2C)n1.N.Nc1ccccc1.O=C(O)c1ccccc1. The molecule has 2 atom stereocenters. The number of hydrogen-bond acceptors (Lipinski definition) is 19.